The van der Waals surface area contributed by atoms with Crippen LogP contribution >= 0.6 is 0 Å². The van der Waals surface area contributed by atoms with Crippen LogP contribution in [0.1, 0.15) is 25.0 Å². The maximum Gasteiger partial charge on any atom is 0.0927 e. The average Bonchev–Trinajstić information content (AvgIpc) is 3.54. The highest BCUT2D eigenvalue weighted by atomic mass is 15.1. The molecule has 0 amide bonds. The van der Waals surface area contributed by atoms with Crippen LogP contribution in [-0.2, 0) is 12.8 Å². The Balaban J connectivity index is 1.47. The van der Waals surface area contributed by atoms with E-state index in [1.807, 2.05) is 0 Å². The molecule has 2 heterocycles. The SMILES string of the molecule is CCc1ccccc1-c1cc(-c2cccc(-c3cc(-c4ccccc4CC)[nH]n3)c2)n[nH]1. The summed E-state index contributed by atoms with van der Waals surface area (Å²) in [5, 5.41) is 15.6. The summed E-state index contributed by atoms with van der Waals surface area (Å²) < 4.78 is 0. The van der Waals surface area contributed by atoms with E-state index in [9.17, 15) is 0 Å². The van der Waals surface area contributed by atoms with Gasteiger partial charge < -0.3 is 0 Å². The maximum atomic E-state index is 4.60. The number of H-pyrrole nitrogens is 2. The first kappa shape index (κ1) is 20.0. The van der Waals surface area contributed by atoms with E-state index in [1.54, 1.807) is 0 Å². The Bertz CT molecular complexity index is 1260. The summed E-state index contributed by atoms with van der Waals surface area (Å²) in [4.78, 5) is 0. The molecule has 0 saturated heterocycles. The van der Waals surface area contributed by atoms with Crippen molar-refractivity contribution in [1.82, 2.24) is 20.4 Å². The van der Waals surface area contributed by atoms with Gasteiger partial charge in [-0.05, 0) is 42.2 Å². The van der Waals surface area contributed by atoms with E-state index in [1.165, 1.54) is 22.3 Å². The smallest absolute Gasteiger partial charge is 0.0927 e. The molecule has 0 aliphatic carbocycles. The van der Waals surface area contributed by atoms with E-state index >= 15 is 0 Å². The summed E-state index contributed by atoms with van der Waals surface area (Å²) in [7, 11) is 0. The number of aromatic amines is 2. The topological polar surface area (TPSA) is 57.4 Å². The molecule has 2 N–H and O–H groups in total. The second kappa shape index (κ2) is 8.67. The quantitative estimate of drug-likeness (QED) is 0.314. The molecule has 4 heteroatoms. The Morgan fingerprint density at radius 3 is 1.50 bits per heavy atom. The lowest BCUT2D eigenvalue weighted by molar-refractivity contribution is 1.08. The fourth-order valence-corrected chi connectivity index (χ4v) is 4.24. The van der Waals surface area contributed by atoms with E-state index in [2.05, 4.69) is 119 Å². The maximum absolute atomic E-state index is 4.60. The van der Waals surface area contributed by atoms with Crippen LogP contribution in [0.4, 0.5) is 0 Å². The van der Waals surface area contributed by atoms with Gasteiger partial charge in [-0.2, -0.15) is 10.2 Å². The van der Waals surface area contributed by atoms with Gasteiger partial charge in [0.05, 0.1) is 22.8 Å². The Hall–Kier alpha value is -3.92. The predicted octanol–water partition coefficient (Wildman–Crippen LogP) is 6.93. The number of nitrogens with zero attached hydrogens (tertiary/aromatic N) is 2. The molecule has 32 heavy (non-hydrogen) atoms. The highest BCUT2D eigenvalue weighted by molar-refractivity contribution is 5.75. The lowest BCUT2D eigenvalue weighted by Crippen LogP contribution is -1.86. The zero-order valence-electron chi connectivity index (χ0n) is 18.4. The molecule has 2 aromatic heterocycles. The van der Waals surface area contributed by atoms with Gasteiger partial charge in [-0.3, -0.25) is 10.2 Å². The molecule has 0 unspecified atom stereocenters. The minimum absolute atomic E-state index is 0.930. The third-order valence-electron chi connectivity index (χ3n) is 5.99. The summed E-state index contributed by atoms with van der Waals surface area (Å²) in [5.41, 5.74) is 11.1. The lowest BCUT2D eigenvalue weighted by Gasteiger charge is -2.04. The van der Waals surface area contributed by atoms with Gasteiger partial charge in [-0.1, -0.05) is 80.6 Å². The fraction of sp³-hybridized carbons (Fsp3) is 0.143. The van der Waals surface area contributed by atoms with Crippen LogP contribution < -0.4 is 0 Å². The van der Waals surface area contributed by atoms with Gasteiger partial charge in [0.1, 0.15) is 0 Å². The highest BCUT2D eigenvalue weighted by Crippen LogP contribution is 2.31. The molecule has 5 rings (SSSR count). The van der Waals surface area contributed by atoms with Crippen molar-refractivity contribution >= 4 is 0 Å². The summed E-state index contributed by atoms with van der Waals surface area (Å²) in [6, 6.07) is 29.6. The molecule has 0 saturated carbocycles. The molecule has 4 nitrogen and oxygen atoms in total. The summed E-state index contributed by atoms with van der Waals surface area (Å²) in [6.45, 7) is 4.35. The Labute approximate surface area is 188 Å². The summed E-state index contributed by atoms with van der Waals surface area (Å²) in [6.07, 6.45) is 1.98. The van der Waals surface area contributed by atoms with Crippen molar-refractivity contribution in [3.8, 4) is 45.0 Å². The molecule has 0 bridgehead atoms. The molecular weight excluding hydrogens is 392 g/mol. The number of hydrogen-bond acceptors (Lipinski definition) is 2. The Morgan fingerprint density at radius 1 is 0.562 bits per heavy atom. The zero-order valence-corrected chi connectivity index (χ0v) is 18.4. The molecule has 0 atom stereocenters. The van der Waals surface area contributed by atoms with Crippen LogP contribution in [0, 0.1) is 0 Å². The van der Waals surface area contributed by atoms with Crippen LogP contribution in [-0.4, -0.2) is 20.4 Å². The van der Waals surface area contributed by atoms with Crippen molar-refractivity contribution in [2.24, 2.45) is 0 Å². The molecule has 0 aliphatic heterocycles. The zero-order chi connectivity index (χ0) is 21.9. The largest absolute Gasteiger partial charge is 0.277 e. The first-order valence-electron chi connectivity index (χ1n) is 11.1. The molecule has 0 radical (unpaired) electrons. The van der Waals surface area contributed by atoms with E-state index < -0.39 is 0 Å². The summed E-state index contributed by atoms with van der Waals surface area (Å²) in [5.74, 6) is 0. The highest BCUT2D eigenvalue weighted by Gasteiger charge is 2.12. The van der Waals surface area contributed by atoms with Crippen LogP contribution in [0.25, 0.3) is 45.0 Å². The van der Waals surface area contributed by atoms with Crippen molar-refractivity contribution in [3.05, 3.63) is 96.1 Å². The van der Waals surface area contributed by atoms with E-state index in [0.29, 0.717) is 0 Å². The second-order valence-corrected chi connectivity index (χ2v) is 7.94. The molecule has 0 fully saturated rings. The first-order chi connectivity index (χ1) is 15.8. The van der Waals surface area contributed by atoms with E-state index in [4.69, 9.17) is 0 Å². The average molecular weight is 419 g/mol. The monoisotopic (exact) mass is 418 g/mol. The first-order valence-corrected chi connectivity index (χ1v) is 11.1. The summed E-state index contributed by atoms with van der Waals surface area (Å²) >= 11 is 0. The molecule has 158 valence electrons. The normalized spacial score (nSPS) is 11.1. The van der Waals surface area contributed by atoms with E-state index in [0.717, 1.165) is 46.7 Å². The second-order valence-electron chi connectivity index (χ2n) is 7.94. The van der Waals surface area contributed by atoms with Gasteiger partial charge >= 0.3 is 0 Å². The molecule has 3 aromatic carbocycles. The molecule has 0 spiro atoms. The molecule has 5 aromatic rings. The van der Waals surface area contributed by atoms with Gasteiger partial charge in [0, 0.05) is 22.3 Å². The number of nitrogens with one attached hydrogen (secondary N) is 2. The van der Waals surface area contributed by atoms with Crippen LogP contribution in [0.5, 0.6) is 0 Å². The van der Waals surface area contributed by atoms with Gasteiger partial charge in [-0.15, -0.1) is 0 Å². The number of rotatable bonds is 6. The third kappa shape index (κ3) is 3.76. The minimum atomic E-state index is 0.930. The van der Waals surface area contributed by atoms with Gasteiger partial charge in [0.25, 0.3) is 0 Å². The number of hydrogen-bond donors (Lipinski definition) is 2. The number of benzene rings is 3. The fourth-order valence-electron chi connectivity index (χ4n) is 4.24. The van der Waals surface area contributed by atoms with Crippen molar-refractivity contribution < 1.29 is 0 Å². The standard InChI is InChI=1S/C28H26N4/c1-3-19-10-5-7-14-23(19)27-17-25(29-31-27)21-12-9-13-22(16-21)26-18-28(32-30-26)24-15-8-6-11-20(24)4-2/h5-18H,3-4H2,1-2H3,(H,29,31)(H,30,32). The predicted molar refractivity (Wildman–Crippen MR) is 131 cm³/mol. The third-order valence-corrected chi connectivity index (χ3v) is 5.99. The molecule has 0 aliphatic rings. The van der Waals surface area contributed by atoms with Crippen molar-refractivity contribution in [2.75, 3.05) is 0 Å². The van der Waals surface area contributed by atoms with Crippen molar-refractivity contribution in [1.29, 1.82) is 0 Å². The van der Waals surface area contributed by atoms with Gasteiger partial charge in [0.2, 0.25) is 0 Å². The molecular formula is C28H26N4. The van der Waals surface area contributed by atoms with Crippen LogP contribution in [0.3, 0.4) is 0 Å². The number of aryl methyl sites for hydroxylation is 2. The number of aromatic nitrogens is 4. The lowest BCUT2D eigenvalue weighted by atomic mass is 10.0. The van der Waals surface area contributed by atoms with Gasteiger partial charge in [0.15, 0.2) is 0 Å². The Morgan fingerprint density at radius 2 is 1.03 bits per heavy atom. The van der Waals surface area contributed by atoms with Crippen LogP contribution in [0.15, 0.2) is 84.9 Å². The van der Waals surface area contributed by atoms with E-state index in [-0.39, 0.29) is 0 Å². The van der Waals surface area contributed by atoms with Crippen molar-refractivity contribution in [2.45, 2.75) is 26.7 Å². The minimum Gasteiger partial charge on any atom is -0.277 e. The Kier molecular flexibility index (Phi) is 5.42. The van der Waals surface area contributed by atoms with Crippen LogP contribution in [0.2, 0.25) is 0 Å². The van der Waals surface area contributed by atoms with Crippen molar-refractivity contribution in [3.63, 3.8) is 0 Å². The van der Waals surface area contributed by atoms with Gasteiger partial charge in [-0.25, -0.2) is 0 Å².